The van der Waals surface area contributed by atoms with Crippen molar-refractivity contribution in [2.24, 2.45) is 5.73 Å². The highest BCUT2D eigenvalue weighted by atomic mass is 16.4. The summed E-state index contributed by atoms with van der Waals surface area (Å²) in [6, 6.07) is -0.219. The van der Waals surface area contributed by atoms with Crippen LogP contribution in [0, 0.1) is 0 Å². The molecule has 1 atom stereocenters. The number of amides is 2. The lowest BCUT2D eigenvalue weighted by molar-refractivity contribution is -0.137. The van der Waals surface area contributed by atoms with E-state index in [-0.39, 0.29) is 12.5 Å². The van der Waals surface area contributed by atoms with E-state index in [4.69, 9.17) is 10.8 Å². The summed E-state index contributed by atoms with van der Waals surface area (Å²) < 4.78 is 0. The lowest BCUT2D eigenvalue weighted by atomic mass is 9.98. The molecular weight excluding hydrogens is 172 g/mol. The highest BCUT2D eigenvalue weighted by Crippen LogP contribution is 2.21. The molecule has 1 unspecified atom stereocenters. The van der Waals surface area contributed by atoms with Crippen LogP contribution >= 0.6 is 0 Å². The Morgan fingerprint density at radius 2 is 2.23 bits per heavy atom. The van der Waals surface area contributed by atoms with Gasteiger partial charge in [0.1, 0.15) is 0 Å². The molecule has 1 aliphatic heterocycles. The summed E-state index contributed by atoms with van der Waals surface area (Å²) in [5.74, 6) is -0.787. The quantitative estimate of drug-likeness (QED) is 0.666. The summed E-state index contributed by atoms with van der Waals surface area (Å²) in [4.78, 5) is 22.5. The Labute approximate surface area is 76.5 Å². The van der Waals surface area contributed by atoms with Gasteiger partial charge in [0.25, 0.3) is 0 Å². The van der Waals surface area contributed by atoms with Crippen molar-refractivity contribution in [2.75, 3.05) is 6.54 Å². The topological polar surface area (TPSA) is 83.6 Å². The van der Waals surface area contributed by atoms with E-state index in [9.17, 15) is 9.59 Å². The molecule has 0 aromatic carbocycles. The van der Waals surface area contributed by atoms with Crippen molar-refractivity contribution in [3.05, 3.63) is 0 Å². The molecule has 3 N–H and O–H groups in total. The van der Waals surface area contributed by atoms with Gasteiger partial charge in [-0.05, 0) is 19.3 Å². The first kappa shape index (κ1) is 9.83. The summed E-state index contributed by atoms with van der Waals surface area (Å²) in [6.45, 7) is 0.715. The van der Waals surface area contributed by atoms with Gasteiger partial charge in [0.2, 0.25) is 0 Å². The molecule has 0 aliphatic carbocycles. The third kappa shape index (κ3) is 2.61. The standard InChI is InChI=1S/C8H14N2O3/c9-8(13)10-5-4-6(10)2-1-3-7(11)12/h6H,1-5H2,(H2,9,13)(H,11,12). The summed E-state index contributed by atoms with van der Waals surface area (Å²) in [6.07, 6.45) is 2.48. The van der Waals surface area contributed by atoms with Crippen LogP contribution in [0.15, 0.2) is 0 Å². The van der Waals surface area contributed by atoms with Crippen LogP contribution in [0.1, 0.15) is 25.7 Å². The number of hydrogen-bond acceptors (Lipinski definition) is 2. The highest BCUT2D eigenvalue weighted by molar-refractivity contribution is 5.73. The van der Waals surface area contributed by atoms with Crippen molar-refractivity contribution >= 4 is 12.0 Å². The molecule has 1 rings (SSSR count). The number of hydrogen-bond donors (Lipinski definition) is 2. The number of rotatable bonds is 4. The average Bonchev–Trinajstić information content (AvgIpc) is 1.93. The van der Waals surface area contributed by atoms with E-state index < -0.39 is 12.0 Å². The Morgan fingerprint density at radius 3 is 2.62 bits per heavy atom. The number of carbonyl (C=O) groups excluding carboxylic acids is 1. The van der Waals surface area contributed by atoms with Crippen molar-refractivity contribution < 1.29 is 14.7 Å². The number of nitrogens with zero attached hydrogens (tertiary/aromatic N) is 1. The van der Waals surface area contributed by atoms with E-state index in [2.05, 4.69) is 0 Å². The van der Waals surface area contributed by atoms with E-state index in [1.54, 1.807) is 4.90 Å². The van der Waals surface area contributed by atoms with Gasteiger partial charge >= 0.3 is 12.0 Å². The molecule has 13 heavy (non-hydrogen) atoms. The minimum absolute atomic E-state index is 0.170. The van der Waals surface area contributed by atoms with E-state index in [1.807, 2.05) is 0 Å². The number of nitrogens with two attached hydrogens (primary N) is 1. The van der Waals surface area contributed by atoms with Crippen molar-refractivity contribution in [1.82, 2.24) is 4.90 Å². The lowest BCUT2D eigenvalue weighted by Crippen LogP contribution is -2.53. The predicted octanol–water partition coefficient (Wildman–Crippen LogP) is 0.394. The number of aliphatic carboxylic acids is 1. The van der Waals surface area contributed by atoms with Crippen LogP contribution in [-0.2, 0) is 4.79 Å². The lowest BCUT2D eigenvalue weighted by Gasteiger charge is -2.39. The summed E-state index contributed by atoms with van der Waals surface area (Å²) >= 11 is 0. The molecule has 0 aromatic heterocycles. The van der Waals surface area contributed by atoms with Crippen LogP contribution in [0.2, 0.25) is 0 Å². The number of carboxylic acids is 1. The molecule has 1 aliphatic rings. The van der Waals surface area contributed by atoms with Crippen molar-refractivity contribution in [1.29, 1.82) is 0 Å². The maximum Gasteiger partial charge on any atom is 0.315 e. The minimum Gasteiger partial charge on any atom is -0.481 e. The average molecular weight is 186 g/mol. The largest absolute Gasteiger partial charge is 0.481 e. The van der Waals surface area contributed by atoms with Gasteiger partial charge < -0.3 is 15.7 Å². The first-order valence-corrected chi connectivity index (χ1v) is 4.39. The van der Waals surface area contributed by atoms with Gasteiger partial charge in [0.05, 0.1) is 0 Å². The Morgan fingerprint density at radius 1 is 1.54 bits per heavy atom. The second kappa shape index (κ2) is 4.11. The second-order valence-electron chi connectivity index (χ2n) is 3.26. The van der Waals surface area contributed by atoms with Crippen LogP contribution in [0.5, 0.6) is 0 Å². The van der Waals surface area contributed by atoms with Gasteiger partial charge in [0, 0.05) is 19.0 Å². The zero-order chi connectivity index (χ0) is 9.84. The summed E-state index contributed by atoms with van der Waals surface area (Å²) in [7, 11) is 0. The smallest absolute Gasteiger partial charge is 0.315 e. The van der Waals surface area contributed by atoms with Gasteiger partial charge in [0.15, 0.2) is 0 Å². The molecule has 5 nitrogen and oxygen atoms in total. The number of primary amides is 1. The third-order valence-electron chi connectivity index (χ3n) is 2.36. The zero-order valence-electron chi connectivity index (χ0n) is 7.40. The zero-order valence-corrected chi connectivity index (χ0v) is 7.40. The Kier molecular flexibility index (Phi) is 3.11. The van der Waals surface area contributed by atoms with Gasteiger partial charge in [-0.2, -0.15) is 0 Å². The fraction of sp³-hybridized carbons (Fsp3) is 0.750. The van der Waals surface area contributed by atoms with Crippen LogP contribution < -0.4 is 5.73 Å². The van der Waals surface area contributed by atoms with E-state index in [0.29, 0.717) is 13.0 Å². The van der Waals surface area contributed by atoms with Gasteiger partial charge in [-0.1, -0.05) is 0 Å². The van der Waals surface area contributed by atoms with Crippen LogP contribution in [0.4, 0.5) is 4.79 Å². The van der Waals surface area contributed by atoms with E-state index in [1.165, 1.54) is 0 Å². The maximum absolute atomic E-state index is 10.7. The Balaban J connectivity index is 2.15. The highest BCUT2D eigenvalue weighted by Gasteiger charge is 2.29. The van der Waals surface area contributed by atoms with E-state index >= 15 is 0 Å². The number of likely N-dealkylation sites (tertiary alicyclic amines) is 1. The molecule has 74 valence electrons. The SMILES string of the molecule is NC(=O)N1CCC1CCCC(=O)O. The maximum atomic E-state index is 10.7. The third-order valence-corrected chi connectivity index (χ3v) is 2.36. The van der Waals surface area contributed by atoms with E-state index in [0.717, 1.165) is 12.8 Å². The number of carboxylic acid groups (broad SMARTS) is 1. The monoisotopic (exact) mass is 186 g/mol. The van der Waals surface area contributed by atoms with Crippen molar-refractivity contribution in [3.63, 3.8) is 0 Å². The molecular formula is C8H14N2O3. The normalized spacial score (nSPS) is 20.9. The minimum atomic E-state index is -0.787. The summed E-state index contributed by atoms with van der Waals surface area (Å²) in [5, 5.41) is 8.39. The molecule has 0 bridgehead atoms. The first-order chi connectivity index (χ1) is 6.11. The predicted molar refractivity (Wildman–Crippen MR) is 46.2 cm³/mol. The first-order valence-electron chi connectivity index (χ1n) is 4.39. The van der Waals surface area contributed by atoms with Gasteiger partial charge in [-0.25, -0.2) is 4.79 Å². The number of carbonyl (C=O) groups is 2. The number of urea groups is 1. The van der Waals surface area contributed by atoms with Crippen LogP contribution in [0.25, 0.3) is 0 Å². The Hall–Kier alpha value is -1.26. The van der Waals surface area contributed by atoms with Gasteiger partial charge in [-0.3, -0.25) is 4.79 Å². The van der Waals surface area contributed by atoms with Gasteiger partial charge in [-0.15, -0.1) is 0 Å². The molecule has 0 saturated carbocycles. The van der Waals surface area contributed by atoms with Crippen molar-refractivity contribution in [3.8, 4) is 0 Å². The molecule has 1 fully saturated rings. The molecule has 0 aromatic rings. The van der Waals surface area contributed by atoms with Crippen LogP contribution in [0.3, 0.4) is 0 Å². The molecule has 0 spiro atoms. The molecule has 2 amide bonds. The van der Waals surface area contributed by atoms with Crippen molar-refractivity contribution in [2.45, 2.75) is 31.7 Å². The fourth-order valence-corrected chi connectivity index (χ4v) is 1.52. The molecule has 0 radical (unpaired) electrons. The van der Waals surface area contributed by atoms with Crippen LogP contribution in [-0.4, -0.2) is 34.6 Å². The molecule has 1 saturated heterocycles. The molecule has 1 heterocycles. The molecule has 5 heteroatoms. The Bertz CT molecular complexity index is 217. The summed E-state index contributed by atoms with van der Waals surface area (Å²) in [5.41, 5.74) is 5.09. The fourth-order valence-electron chi connectivity index (χ4n) is 1.52. The second-order valence-corrected chi connectivity index (χ2v) is 3.26.